The van der Waals surface area contributed by atoms with E-state index in [1.165, 1.54) is 12.1 Å². The maximum absolute atomic E-state index is 12.9. The van der Waals surface area contributed by atoms with E-state index < -0.39 is 4.92 Å². The van der Waals surface area contributed by atoms with Crippen LogP contribution in [0.1, 0.15) is 45.5 Å². The molecule has 152 valence electrons. The Bertz CT molecular complexity index is 923. The monoisotopic (exact) mass is 396 g/mol. The lowest BCUT2D eigenvalue weighted by Crippen LogP contribution is -2.32. The number of benzene rings is 2. The molecule has 2 N–H and O–H groups in total. The number of nitrogens with one attached hydrogen (secondary N) is 2. The van der Waals surface area contributed by atoms with E-state index in [2.05, 4.69) is 15.5 Å². The van der Waals surface area contributed by atoms with Crippen LogP contribution in [0.15, 0.2) is 42.5 Å². The van der Waals surface area contributed by atoms with Gasteiger partial charge in [-0.15, -0.1) is 0 Å². The summed E-state index contributed by atoms with van der Waals surface area (Å²) >= 11 is 0. The maximum Gasteiger partial charge on any atom is 0.270 e. The Morgan fingerprint density at radius 1 is 1.07 bits per heavy atom. The van der Waals surface area contributed by atoms with E-state index in [1.54, 1.807) is 31.3 Å². The Kier molecular flexibility index (Phi) is 6.43. The van der Waals surface area contributed by atoms with Crippen molar-refractivity contribution in [3.8, 4) is 0 Å². The third-order valence-corrected chi connectivity index (χ3v) is 5.00. The summed E-state index contributed by atoms with van der Waals surface area (Å²) in [6.07, 6.45) is 3.21. The van der Waals surface area contributed by atoms with E-state index in [-0.39, 0.29) is 24.0 Å². The molecular weight excluding hydrogens is 372 g/mol. The van der Waals surface area contributed by atoms with Gasteiger partial charge in [0, 0.05) is 44.4 Å². The average Bonchev–Trinajstić information content (AvgIpc) is 2.77. The van der Waals surface area contributed by atoms with Gasteiger partial charge in [0.15, 0.2) is 0 Å². The first-order valence-electron chi connectivity index (χ1n) is 9.62. The summed E-state index contributed by atoms with van der Waals surface area (Å²) in [6, 6.07) is 11.4. The molecule has 1 heterocycles. The van der Waals surface area contributed by atoms with Crippen molar-refractivity contribution in [1.29, 1.82) is 0 Å². The molecule has 3 rings (SSSR count). The fraction of sp³-hybridized carbons (Fsp3) is 0.333. The fourth-order valence-electron chi connectivity index (χ4n) is 3.47. The molecule has 0 saturated carbocycles. The molecule has 8 heteroatoms. The van der Waals surface area contributed by atoms with E-state index in [1.807, 2.05) is 6.07 Å². The molecule has 2 amide bonds. The molecule has 2 aromatic rings. The highest BCUT2D eigenvalue weighted by atomic mass is 16.6. The third kappa shape index (κ3) is 4.90. The van der Waals surface area contributed by atoms with Gasteiger partial charge in [0.25, 0.3) is 17.5 Å². The van der Waals surface area contributed by atoms with Gasteiger partial charge in [0.1, 0.15) is 0 Å². The lowest BCUT2D eigenvalue weighted by Gasteiger charge is -2.30. The minimum Gasteiger partial charge on any atom is -0.371 e. The Labute approximate surface area is 169 Å². The molecule has 0 bridgehead atoms. The minimum absolute atomic E-state index is 0.113. The Morgan fingerprint density at radius 3 is 2.52 bits per heavy atom. The first kappa shape index (κ1) is 20.3. The number of nitro benzene ring substituents is 1. The summed E-state index contributed by atoms with van der Waals surface area (Å²) < 4.78 is 0. The van der Waals surface area contributed by atoms with Crippen molar-refractivity contribution in [3.63, 3.8) is 0 Å². The summed E-state index contributed by atoms with van der Waals surface area (Å²) in [5.74, 6) is -0.580. The van der Waals surface area contributed by atoms with Gasteiger partial charge in [0.05, 0.1) is 16.2 Å². The van der Waals surface area contributed by atoms with Gasteiger partial charge in [-0.2, -0.15) is 0 Å². The maximum atomic E-state index is 12.9. The molecule has 1 saturated heterocycles. The van der Waals surface area contributed by atoms with Gasteiger partial charge in [-0.05, 0) is 43.0 Å². The molecule has 0 atom stereocenters. The average molecular weight is 396 g/mol. The number of carbonyl (C=O) groups is 2. The number of rotatable bonds is 6. The highest BCUT2D eigenvalue weighted by Crippen LogP contribution is 2.28. The Hall–Kier alpha value is -3.42. The SMILES string of the molecule is CNC(=O)c1cccc(CNC(=O)c2cc([N+](=O)[O-])ccc2N2CCCCC2)c1. The van der Waals surface area contributed by atoms with Crippen molar-refractivity contribution >= 4 is 23.2 Å². The van der Waals surface area contributed by atoms with Crippen molar-refractivity contribution in [1.82, 2.24) is 10.6 Å². The third-order valence-electron chi connectivity index (χ3n) is 5.00. The van der Waals surface area contributed by atoms with Crippen molar-refractivity contribution in [2.45, 2.75) is 25.8 Å². The normalized spacial score (nSPS) is 13.6. The number of nitrogens with zero attached hydrogens (tertiary/aromatic N) is 2. The molecule has 0 aliphatic carbocycles. The number of non-ortho nitro benzene ring substituents is 1. The van der Waals surface area contributed by atoms with Crippen LogP contribution in [0.4, 0.5) is 11.4 Å². The van der Waals surface area contributed by atoms with Crippen LogP contribution in [0, 0.1) is 10.1 Å². The van der Waals surface area contributed by atoms with Crippen LogP contribution >= 0.6 is 0 Å². The topological polar surface area (TPSA) is 105 Å². The molecule has 0 spiro atoms. The van der Waals surface area contributed by atoms with E-state index >= 15 is 0 Å². The number of hydrogen-bond donors (Lipinski definition) is 2. The summed E-state index contributed by atoms with van der Waals surface area (Å²) in [4.78, 5) is 37.5. The van der Waals surface area contributed by atoms with E-state index in [0.29, 0.717) is 16.8 Å². The van der Waals surface area contributed by atoms with Gasteiger partial charge >= 0.3 is 0 Å². The predicted octanol–water partition coefficient (Wildman–Crippen LogP) is 2.87. The van der Waals surface area contributed by atoms with E-state index in [4.69, 9.17) is 0 Å². The van der Waals surface area contributed by atoms with E-state index in [0.717, 1.165) is 37.9 Å². The number of piperidine rings is 1. The van der Waals surface area contributed by atoms with Crippen LogP contribution in [0.25, 0.3) is 0 Å². The number of amides is 2. The quantitative estimate of drug-likeness (QED) is 0.577. The lowest BCUT2D eigenvalue weighted by molar-refractivity contribution is -0.384. The zero-order chi connectivity index (χ0) is 20.8. The largest absolute Gasteiger partial charge is 0.371 e. The molecule has 1 aliphatic heterocycles. The molecule has 8 nitrogen and oxygen atoms in total. The second-order valence-electron chi connectivity index (χ2n) is 6.97. The standard InChI is InChI=1S/C21H24N4O4/c1-22-20(26)16-7-5-6-15(12-16)14-23-21(27)18-13-17(25(28)29)8-9-19(18)24-10-3-2-4-11-24/h5-9,12-13H,2-4,10-11,14H2,1H3,(H,22,26)(H,23,27). The molecule has 2 aromatic carbocycles. The highest BCUT2D eigenvalue weighted by molar-refractivity contribution is 6.00. The van der Waals surface area contributed by atoms with Crippen molar-refractivity contribution < 1.29 is 14.5 Å². The minimum atomic E-state index is -0.496. The number of nitro groups is 1. The van der Waals surface area contributed by atoms with Crippen LogP contribution in [0.2, 0.25) is 0 Å². The summed E-state index contributed by atoms with van der Waals surface area (Å²) in [5, 5.41) is 16.6. The Balaban J connectivity index is 1.81. The van der Waals surface area contributed by atoms with Crippen LogP contribution in [-0.4, -0.2) is 36.9 Å². The second kappa shape index (κ2) is 9.18. The molecule has 0 aromatic heterocycles. The van der Waals surface area contributed by atoms with Crippen LogP contribution in [-0.2, 0) is 6.54 Å². The molecule has 29 heavy (non-hydrogen) atoms. The van der Waals surface area contributed by atoms with Crippen molar-refractivity contribution in [2.75, 3.05) is 25.0 Å². The number of anilines is 1. The molecular formula is C21H24N4O4. The second-order valence-corrected chi connectivity index (χ2v) is 6.97. The van der Waals surface area contributed by atoms with Crippen molar-refractivity contribution in [2.24, 2.45) is 0 Å². The van der Waals surface area contributed by atoms with Crippen LogP contribution in [0.5, 0.6) is 0 Å². The van der Waals surface area contributed by atoms with Gasteiger partial charge in [-0.25, -0.2) is 0 Å². The number of carbonyl (C=O) groups excluding carboxylic acids is 2. The summed E-state index contributed by atoms with van der Waals surface area (Å²) in [6.45, 7) is 1.87. The van der Waals surface area contributed by atoms with Gasteiger partial charge in [0.2, 0.25) is 0 Å². The van der Waals surface area contributed by atoms with Crippen LogP contribution < -0.4 is 15.5 Å². The zero-order valence-corrected chi connectivity index (χ0v) is 16.3. The van der Waals surface area contributed by atoms with Gasteiger partial charge in [-0.1, -0.05) is 12.1 Å². The predicted molar refractivity (Wildman–Crippen MR) is 110 cm³/mol. The first-order valence-corrected chi connectivity index (χ1v) is 9.62. The van der Waals surface area contributed by atoms with Gasteiger partial charge in [-0.3, -0.25) is 19.7 Å². The smallest absolute Gasteiger partial charge is 0.270 e. The molecule has 1 fully saturated rings. The lowest BCUT2D eigenvalue weighted by atomic mass is 10.1. The molecule has 0 unspecified atom stereocenters. The Morgan fingerprint density at radius 2 is 1.83 bits per heavy atom. The molecule has 1 aliphatic rings. The molecule has 0 radical (unpaired) electrons. The summed E-state index contributed by atoms with van der Waals surface area (Å²) in [5.41, 5.74) is 2.17. The number of hydrogen-bond acceptors (Lipinski definition) is 5. The fourth-order valence-corrected chi connectivity index (χ4v) is 3.47. The van der Waals surface area contributed by atoms with Gasteiger partial charge < -0.3 is 15.5 Å². The van der Waals surface area contributed by atoms with Crippen molar-refractivity contribution in [3.05, 3.63) is 69.3 Å². The zero-order valence-electron chi connectivity index (χ0n) is 16.3. The van der Waals surface area contributed by atoms with Crippen LogP contribution in [0.3, 0.4) is 0 Å². The summed E-state index contributed by atoms with van der Waals surface area (Å²) in [7, 11) is 1.56. The first-order chi connectivity index (χ1) is 14.0. The highest BCUT2D eigenvalue weighted by Gasteiger charge is 2.21. The van der Waals surface area contributed by atoms with E-state index in [9.17, 15) is 19.7 Å².